The summed E-state index contributed by atoms with van der Waals surface area (Å²) in [6.45, 7) is 0. The van der Waals surface area contributed by atoms with E-state index < -0.39 is 17.7 Å². The minimum Gasteiger partial charge on any atom is -0.349 e. The third-order valence-electron chi connectivity index (χ3n) is 2.75. The van der Waals surface area contributed by atoms with E-state index in [0.717, 1.165) is 12.1 Å². The molecule has 0 bridgehead atoms. The van der Waals surface area contributed by atoms with Crippen molar-refractivity contribution in [2.24, 2.45) is 0 Å². The van der Waals surface area contributed by atoms with Crippen LogP contribution in [0, 0.1) is 11.3 Å². The predicted molar refractivity (Wildman–Crippen MR) is 62.1 cm³/mol. The lowest BCUT2D eigenvalue weighted by Gasteiger charge is -2.10. The van der Waals surface area contributed by atoms with E-state index in [1.807, 2.05) is 0 Å². The number of aromatic nitrogens is 2. The van der Waals surface area contributed by atoms with Crippen molar-refractivity contribution in [3.05, 3.63) is 53.6 Å². The van der Waals surface area contributed by atoms with Gasteiger partial charge in [-0.2, -0.15) is 18.4 Å². The summed E-state index contributed by atoms with van der Waals surface area (Å²) in [5, 5.41) is 9.09. The number of benzene rings is 1. The van der Waals surface area contributed by atoms with Crippen LogP contribution in [0.15, 0.2) is 36.7 Å². The van der Waals surface area contributed by atoms with Crippen LogP contribution in [0.1, 0.15) is 22.9 Å². The van der Waals surface area contributed by atoms with Crippen LogP contribution in [-0.2, 0) is 12.6 Å². The van der Waals surface area contributed by atoms with Crippen molar-refractivity contribution < 1.29 is 13.2 Å². The Morgan fingerprint density at radius 1 is 1.26 bits per heavy atom. The highest BCUT2D eigenvalue weighted by atomic mass is 19.4. The van der Waals surface area contributed by atoms with Crippen LogP contribution >= 0.6 is 0 Å². The Balaban J connectivity index is 2.18. The second-order valence-electron chi connectivity index (χ2n) is 4.04. The van der Waals surface area contributed by atoms with E-state index in [2.05, 4.69) is 16.0 Å². The molecule has 0 spiro atoms. The van der Waals surface area contributed by atoms with E-state index in [-0.39, 0.29) is 0 Å². The molecule has 0 radical (unpaired) electrons. The van der Waals surface area contributed by atoms with Crippen LogP contribution in [0.25, 0.3) is 0 Å². The number of imidazole rings is 1. The smallest absolute Gasteiger partial charge is 0.349 e. The number of nitrogens with one attached hydrogen (secondary N) is 1. The normalized spacial score (nSPS) is 12.9. The molecular formula is C13H10F3N3. The maximum Gasteiger partial charge on any atom is 0.416 e. The summed E-state index contributed by atoms with van der Waals surface area (Å²) in [6, 6.07) is 6.72. The van der Waals surface area contributed by atoms with Gasteiger partial charge >= 0.3 is 6.18 Å². The summed E-state index contributed by atoms with van der Waals surface area (Å²) in [6.07, 6.45) is -0.816. The first-order chi connectivity index (χ1) is 9.00. The minimum atomic E-state index is -4.36. The quantitative estimate of drug-likeness (QED) is 0.925. The number of nitriles is 1. The van der Waals surface area contributed by atoms with Gasteiger partial charge in [-0.25, -0.2) is 4.98 Å². The minimum absolute atomic E-state index is 0.342. The van der Waals surface area contributed by atoms with Gasteiger partial charge in [-0.1, -0.05) is 12.1 Å². The average molecular weight is 265 g/mol. The van der Waals surface area contributed by atoms with Gasteiger partial charge in [0.05, 0.1) is 17.6 Å². The predicted octanol–water partition coefficient (Wildman–Crippen LogP) is 3.28. The Morgan fingerprint density at radius 3 is 2.42 bits per heavy atom. The molecule has 19 heavy (non-hydrogen) atoms. The number of H-pyrrole nitrogens is 1. The average Bonchev–Trinajstić information content (AvgIpc) is 2.88. The molecule has 0 aliphatic heterocycles. The summed E-state index contributed by atoms with van der Waals surface area (Å²) in [7, 11) is 0. The highest BCUT2D eigenvalue weighted by Crippen LogP contribution is 2.30. The number of hydrogen-bond donors (Lipinski definition) is 1. The Hall–Kier alpha value is -2.29. The van der Waals surface area contributed by atoms with Gasteiger partial charge in [-0.05, 0) is 17.7 Å². The molecule has 6 heteroatoms. The maximum atomic E-state index is 12.4. The van der Waals surface area contributed by atoms with Crippen LogP contribution in [0.5, 0.6) is 0 Å². The van der Waals surface area contributed by atoms with Crippen molar-refractivity contribution in [2.75, 3.05) is 0 Å². The van der Waals surface area contributed by atoms with Crippen LogP contribution in [0.2, 0.25) is 0 Å². The first kappa shape index (κ1) is 13.1. The first-order valence-corrected chi connectivity index (χ1v) is 5.55. The fourth-order valence-electron chi connectivity index (χ4n) is 1.75. The summed E-state index contributed by atoms with van der Waals surface area (Å²) < 4.78 is 37.3. The molecule has 1 unspecified atom stereocenters. The Morgan fingerprint density at radius 2 is 1.95 bits per heavy atom. The fraction of sp³-hybridized carbons (Fsp3) is 0.231. The molecular weight excluding hydrogens is 255 g/mol. The van der Waals surface area contributed by atoms with Gasteiger partial charge < -0.3 is 4.98 Å². The fourth-order valence-corrected chi connectivity index (χ4v) is 1.75. The number of rotatable bonds is 3. The van der Waals surface area contributed by atoms with Crippen LogP contribution in [0.4, 0.5) is 13.2 Å². The number of hydrogen-bond acceptors (Lipinski definition) is 2. The molecule has 3 nitrogen and oxygen atoms in total. The molecule has 1 N–H and O–H groups in total. The van der Waals surface area contributed by atoms with Crippen molar-refractivity contribution in [2.45, 2.75) is 18.5 Å². The van der Waals surface area contributed by atoms with Crippen molar-refractivity contribution in [3.8, 4) is 6.07 Å². The summed E-state index contributed by atoms with van der Waals surface area (Å²) in [5.41, 5.74) is -0.169. The third kappa shape index (κ3) is 3.13. The second kappa shape index (κ2) is 5.14. The molecule has 1 aromatic heterocycles. The Labute approximate surface area is 107 Å². The monoisotopic (exact) mass is 265 g/mol. The standard InChI is InChI=1S/C13H10F3N3/c14-13(15,16)11-3-1-9(2-4-11)10(8-17)7-12-18-5-6-19-12/h1-6,10H,7H2,(H,18,19). The molecule has 2 aromatic rings. The molecule has 1 aromatic carbocycles. The van der Waals surface area contributed by atoms with E-state index >= 15 is 0 Å². The maximum absolute atomic E-state index is 12.4. The lowest BCUT2D eigenvalue weighted by atomic mass is 9.96. The highest BCUT2D eigenvalue weighted by molar-refractivity contribution is 5.30. The molecule has 0 aliphatic carbocycles. The number of aromatic amines is 1. The lowest BCUT2D eigenvalue weighted by Crippen LogP contribution is -2.06. The van der Waals surface area contributed by atoms with Gasteiger partial charge in [0.15, 0.2) is 0 Å². The Kier molecular flexibility index (Phi) is 3.56. The molecule has 1 heterocycles. The van der Waals surface area contributed by atoms with Crippen molar-refractivity contribution in [3.63, 3.8) is 0 Å². The zero-order valence-electron chi connectivity index (χ0n) is 9.78. The molecule has 1 atom stereocenters. The second-order valence-corrected chi connectivity index (χ2v) is 4.04. The summed E-state index contributed by atoms with van der Waals surface area (Å²) in [4.78, 5) is 6.86. The van der Waals surface area contributed by atoms with Crippen LogP contribution in [-0.4, -0.2) is 9.97 Å². The van der Waals surface area contributed by atoms with Gasteiger partial charge in [-0.15, -0.1) is 0 Å². The molecule has 0 saturated heterocycles. The molecule has 0 saturated carbocycles. The Bertz CT molecular complexity index is 565. The zero-order chi connectivity index (χ0) is 13.9. The van der Waals surface area contributed by atoms with E-state index in [1.165, 1.54) is 12.1 Å². The van der Waals surface area contributed by atoms with Crippen molar-refractivity contribution in [1.82, 2.24) is 9.97 Å². The van der Waals surface area contributed by atoms with E-state index in [0.29, 0.717) is 17.8 Å². The van der Waals surface area contributed by atoms with Crippen molar-refractivity contribution >= 4 is 0 Å². The van der Waals surface area contributed by atoms with Gasteiger partial charge in [0.2, 0.25) is 0 Å². The highest BCUT2D eigenvalue weighted by Gasteiger charge is 2.30. The van der Waals surface area contributed by atoms with E-state index in [1.54, 1.807) is 12.4 Å². The van der Waals surface area contributed by atoms with Gasteiger partial charge in [-0.3, -0.25) is 0 Å². The largest absolute Gasteiger partial charge is 0.416 e. The summed E-state index contributed by atoms with van der Waals surface area (Å²) in [5.74, 6) is 0.111. The molecule has 0 amide bonds. The SMILES string of the molecule is N#CC(Cc1ncc[nH]1)c1ccc(C(F)(F)F)cc1. The number of alkyl halides is 3. The first-order valence-electron chi connectivity index (χ1n) is 5.55. The lowest BCUT2D eigenvalue weighted by molar-refractivity contribution is -0.137. The van der Waals surface area contributed by atoms with Gasteiger partial charge in [0.25, 0.3) is 0 Å². The van der Waals surface area contributed by atoms with Crippen molar-refractivity contribution in [1.29, 1.82) is 5.26 Å². The topological polar surface area (TPSA) is 52.5 Å². The van der Waals surface area contributed by atoms with Gasteiger partial charge in [0, 0.05) is 18.8 Å². The molecule has 0 aliphatic rings. The van der Waals surface area contributed by atoms with E-state index in [4.69, 9.17) is 5.26 Å². The molecule has 0 fully saturated rings. The molecule has 2 rings (SSSR count). The van der Waals surface area contributed by atoms with Gasteiger partial charge in [0.1, 0.15) is 5.82 Å². The number of nitrogens with zero attached hydrogens (tertiary/aromatic N) is 2. The zero-order valence-corrected chi connectivity index (χ0v) is 9.78. The number of halogens is 3. The molecule has 98 valence electrons. The summed E-state index contributed by atoms with van der Waals surface area (Å²) >= 11 is 0. The van der Waals surface area contributed by atoms with Crippen LogP contribution in [0.3, 0.4) is 0 Å². The third-order valence-corrected chi connectivity index (χ3v) is 2.75. The van der Waals surface area contributed by atoms with E-state index in [9.17, 15) is 13.2 Å². The van der Waals surface area contributed by atoms with Crippen LogP contribution < -0.4 is 0 Å².